The van der Waals surface area contributed by atoms with Crippen molar-refractivity contribution in [1.82, 2.24) is 4.90 Å². The third-order valence-corrected chi connectivity index (χ3v) is 6.60. The molecule has 1 aromatic rings. The molecular formula is C18H26AsNO4. The van der Waals surface area contributed by atoms with Crippen LogP contribution in [-0.2, 0) is 16.1 Å². The Labute approximate surface area is 150 Å². The number of amides is 1. The zero-order valence-electron chi connectivity index (χ0n) is 14.8. The topological polar surface area (TPSA) is 55.8 Å². The maximum absolute atomic E-state index is 12.2. The third-order valence-electron chi connectivity index (χ3n) is 3.74. The van der Waals surface area contributed by atoms with Crippen LogP contribution < -0.4 is 0 Å². The summed E-state index contributed by atoms with van der Waals surface area (Å²) in [6.45, 7) is 9.17. The number of benzene rings is 1. The zero-order chi connectivity index (χ0) is 17.8. The molecule has 1 amide bonds. The number of carbonyl (C=O) groups is 2. The van der Waals surface area contributed by atoms with Gasteiger partial charge in [-0.1, -0.05) is 0 Å². The van der Waals surface area contributed by atoms with Crippen LogP contribution in [0, 0.1) is 0 Å². The molecule has 0 saturated carbocycles. The van der Waals surface area contributed by atoms with Crippen LogP contribution >= 0.6 is 0 Å². The van der Waals surface area contributed by atoms with E-state index in [9.17, 15) is 9.59 Å². The third kappa shape index (κ3) is 5.86. The fourth-order valence-corrected chi connectivity index (χ4v) is 4.95. The standard InChI is InChI=1S/C18H26AsNO4/c1-17(2,3)24-16(22)20-11-10-18(4,13-20)19-15(21)23-12-14-8-6-5-7-9-14/h5-9,19H,10-13H2,1-4H3. The summed E-state index contributed by atoms with van der Waals surface area (Å²) in [6.07, 6.45) is 0.530. The molecule has 2 unspecified atom stereocenters. The Morgan fingerprint density at radius 3 is 2.54 bits per heavy atom. The molecule has 24 heavy (non-hydrogen) atoms. The van der Waals surface area contributed by atoms with E-state index >= 15 is 0 Å². The molecule has 0 bridgehead atoms. The zero-order valence-corrected chi connectivity index (χ0v) is 16.9. The molecule has 6 heteroatoms. The predicted octanol–water partition coefficient (Wildman–Crippen LogP) is 3.58. The molecule has 1 aliphatic heterocycles. The van der Waals surface area contributed by atoms with E-state index in [0.29, 0.717) is 19.7 Å². The van der Waals surface area contributed by atoms with Gasteiger partial charge in [0.25, 0.3) is 0 Å². The van der Waals surface area contributed by atoms with Crippen LogP contribution in [0.2, 0.25) is 4.20 Å². The molecule has 1 aliphatic rings. The molecule has 5 nitrogen and oxygen atoms in total. The number of hydrogen-bond acceptors (Lipinski definition) is 4. The summed E-state index contributed by atoms with van der Waals surface area (Å²) in [6, 6.07) is 9.67. The van der Waals surface area contributed by atoms with Gasteiger partial charge in [0.1, 0.15) is 0 Å². The van der Waals surface area contributed by atoms with E-state index < -0.39 is 21.4 Å². The van der Waals surface area contributed by atoms with Crippen molar-refractivity contribution in [2.24, 2.45) is 0 Å². The van der Waals surface area contributed by atoms with Gasteiger partial charge in [0.15, 0.2) is 0 Å². The Kier molecular flexibility index (Phi) is 5.97. The van der Waals surface area contributed by atoms with Crippen LogP contribution in [0.5, 0.6) is 0 Å². The molecule has 132 valence electrons. The van der Waals surface area contributed by atoms with Crippen LogP contribution in [0.25, 0.3) is 0 Å². The van der Waals surface area contributed by atoms with Crippen molar-refractivity contribution in [2.75, 3.05) is 13.1 Å². The molecule has 1 aromatic carbocycles. The molecule has 1 saturated heterocycles. The van der Waals surface area contributed by atoms with Crippen molar-refractivity contribution >= 4 is 26.6 Å². The minimum atomic E-state index is -0.974. The van der Waals surface area contributed by atoms with E-state index in [0.717, 1.165) is 12.0 Å². The van der Waals surface area contributed by atoms with Gasteiger partial charge in [-0.25, -0.2) is 0 Å². The minimum absolute atomic E-state index is 0.104. The maximum atomic E-state index is 12.2. The first-order valence-corrected chi connectivity index (χ1v) is 10.2. The molecule has 1 heterocycles. The van der Waals surface area contributed by atoms with Gasteiger partial charge in [0.05, 0.1) is 0 Å². The fraction of sp³-hybridized carbons (Fsp3) is 0.556. The Bertz CT molecular complexity index is 584. The van der Waals surface area contributed by atoms with Gasteiger partial charge in [-0.3, -0.25) is 0 Å². The van der Waals surface area contributed by atoms with Crippen LogP contribution in [0.4, 0.5) is 9.59 Å². The van der Waals surface area contributed by atoms with E-state index in [2.05, 4.69) is 6.92 Å². The summed E-state index contributed by atoms with van der Waals surface area (Å²) in [5.41, 5.74) is 0.491. The first-order valence-electron chi connectivity index (χ1n) is 8.14. The number of ether oxygens (including phenoxy) is 2. The van der Waals surface area contributed by atoms with Gasteiger partial charge in [-0.2, -0.15) is 0 Å². The molecule has 0 aromatic heterocycles. The van der Waals surface area contributed by atoms with Crippen molar-refractivity contribution in [1.29, 1.82) is 0 Å². The Hall–Kier alpha value is -1.48. The van der Waals surface area contributed by atoms with E-state index in [1.54, 1.807) is 4.90 Å². The average molecular weight is 395 g/mol. The number of carbonyl (C=O) groups excluding carboxylic acids is 2. The van der Waals surface area contributed by atoms with Gasteiger partial charge >= 0.3 is 150 Å². The predicted molar refractivity (Wildman–Crippen MR) is 94.6 cm³/mol. The van der Waals surface area contributed by atoms with Crippen molar-refractivity contribution in [3.8, 4) is 0 Å². The SMILES string of the molecule is CC(C)(C)OC(=O)N1CCC(C)([AsH]C(=O)OCc2ccccc2)C1. The molecule has 1 fully saturated rings. The van der Waals surface area contributed by atoms with Crippen molar-refractivity contribution in [3.63, 3.8) is 0 Å². The van der Waals surface area contributed by atoms with Gasteiger partial charge < -0.3 is 0 Å². The first kappa shape index (κ1) is 18.9. The van der Waals surface area contributed by atoms with E-state index in [1.807, 2.05) is 51.1 Å². The van der Waals surface area contributed by atoms with Gasteiger partial charge in [0.2, 0.25) is 0 Å². The summed E-state index contributed by atoms with van der Waals surface area (Å²) in [5.74, 6) is 0. The van der Waals surface area contributed by atoms with Gasteiger partial charge in [0, 0.05) is 0 Å². The summed E-state index contributed by atoms with van der Waals surface area (Å²) in [4.78, 5) is 26.0. The van der Waals surface area contributed by atoms with E-state index in [4.69, 9.17) is 9.47 Å². The summed E-state index contributed by atoms with van der Waals surface area (Å²) >= 11 is -0.974. The van der Waals surface area contributed by atoms with Gasteiger partial charge in [-0.15, -0.1) is 0 Å². The molecule has 0 aliphatic carbocycles. The molecule has 0 N–H and O–H groups in total. The van der Waals surface area contributed by atoms with E-state index in [1.165, 1.54) is 0 Å². The van der Waals surface area contributed by atoms with Crippen molar-refractivity contribution in [3.05, 3.63) is 35.9 Å². The van der Waals surface area contributed by atoms with Crippen molar-refractivity contribution < 1.29 is 19.1 Å². The summed E-state index contributed by atoms with van der Waals surface area (Å²) < 4.78 is 10.6. The number of nitrogens with zero attached hydrogens (tertiary/aromatic N) is 1. The Morgan fingerprint density at radius 2 is 1.92 bits per heavy atom. The Morgan fingerprint density at radius 1 is 1.25 bits per heavy atom. The molecule has 2 rings (SSSR count). The summed E-state index contributed by atoms with van der Waals surface area (Å²) in [7, 11) is 0. The number of rotatable bonds is 4. The van der Waals surface area contributed by atoms with Crippen LogP contribution in [0.15, 0.2) is 30.3 Å². The second kappa shape index (κ2) is 7.60. The van der Waals surface area contributed by atoms with Crippen LogP contribution in [0.1, 0.15) is 39.7 Å². The monoisotopic (exact) mass is 395 g/mol. The number of hydrogen-bond donors (Lipinski definition) is 0. The molecular weight excluding hydrogens is 369 g/mol. The van der Waals surface area contributed by atoms with Crippen LogP contribution in [-0.4, -0.2) is 50.2 Å². The van der Waals surface area contributed by atoms with E-state index in [-0.39, 0.29) is 15.1 Å². The second-order valence-corrected chi connectivity index (χ2v) is 11.3. The fourth-order valence-electron chi connectivity index (χ4n) is 2.55. The quantitative estimate of drug-likeness (QED) is 0.732. The molecule has 0 spiro atoms. The normalized spacial score (nSPS) is 21.2. The van der Waals surface area contributed by atoms with Gasteiger partial charge in [-0.05, 0) is 0 Å². The van der Waals surface area contributed by atoms with Crippen molar-refractivity contribution in [2.45, 2.75) is 50.5 Å². The molecule has 0 radical (unpaired) electrons. The number of likely N-dealkylation sites (tertiary alicyclic amines) is 1. The average Bonchev–Trinajstić information content (AvgIpc) is 2.87. The van der Waals surface area contributed by atoms with Crippen LogP contribution in [0.3, 0.4) is 0 Å². The second-order valence-electron chi connectivity index (χ2n) is 7.40. The first-order chi connectivity index (χ1) is 11.2. The molecule has 2 atom stereocenters. The Balaban J connectivity index is 1.82. The summed E-state index contributed by atoms with van der Waals surface area (Å²) in [5, 5.41) is 0.